The molecule has 32 heavy (non-hydrogen) atoms. The van der Waals surface area contributed by atoms with Gasteiger partial charge in [0.05, 0.1) is 12.2 Å². The number of nitrogens with zero attached hydrogens (tertiary/aromatic N) is 2. The fourth-order valence-electron chi connectivity index (χ4n) is 3.57. The highest BCUT2D eigenvalue weighted by Gasteiger charge is 2.17. The molecule has 0 saturated carbocycles. The maximum Gasteiger partial charge on any atom is 0.258 e. The quantitative estimate of drug-likeness (QED) is 0.464. The SMILES string of the molecule is CNC(=O)c1ccc(-c2noc(-c3ccc(-c4ccccc4C)c(COC)c3)n2)cc1F. The van der Waals surface area contributed by atoms with Crippen molar-refractivity contribution < 1.29 is 18.4 Å². The molecule has 4 aromatic rings. The summed E-state index contributed by atoms with van der Waals surface area (Å²) in [5, 5.41) is 6.39. The molecule has 0 saturated heterocycles. The zero-order valence-corrected chi connectivity index (χ0v) is 18.0. The average Bonchev–Trinajstić information content (AvgIpc) is 3.30. The number of rotatable bonds is 6. The maximum absolute atomic E-state index is 14.3. The molecule has 0 aliphatic rings. The number of ether oxygens (including phenoxy) is 1. The summed E-state index contributed by atoms with van der Waals surface area (Å²) in [6, 6.07) is 18.2. The highest BCUT2D eigenvalue weighted by molar-refractivity contribution is 5.94. The molecule has 3 aromatic carbocycles. The molecule has 0 fully saturated rings. The predicted octanol–water partition coefficient (Wildman–Crippen LogP) is 5.02. The van der Waals surface area contributed by atoms with Gasteiger partial charge in [0.15, 0.2) is 0 Å². The molecular weight excluding hydrogens is 409 g/mol. The van der Waals surface area contributed by atoms with Crippen molar-refractivity contribution in [2.75, 3.05) is 14.2 Å². The molecule has 0 aliphatic carbocycles. The molecule has 4 rings (SSSR count). The summed E-state index contributed by atoms with van der Waals surface area (Å²) in [6.07, 6.45) is 0. The molecule has 1 amide bonds. The Morgan fingerprint density at radius 3 is 2.56 bits per heavy atom. The van der Waals surface area contributed by atoms with Crippen molar-refractivity contribution in [1.82, 2.24) is 15.5 Å². The topological polar surface area (TPSA) is 77.2 Å². The van der Waals surface area contributed by atoms with E-state index in [0.717, 1.165) is 22.3 Å². The van der Waals surface area contributed by atoms with E-state index < -0.39 is 11.7 Å². The first-order chi connectivity index (χ1) is 15.5. The lowest BCUT2D eigenvalue weighted by Gasteiger charge is -2.12. The average molecular weight is 431 g/mol. The first-order valence-corrected chi connectivity index (χ1v) is 10.1. The summed E-state index contributed by atoms with van der Waals surface area (Å²) in [5.41, 5.74) is 5.45. The molecule has 0 bridgehead atoms. The van der Waals surface area contributed by atoms with Crippen LogP contribution in [-0.4, -0.2) is 30.2 Å². The van der Waals surface area contributed by atoms with Crippen LogP contribution in [-0.2, 0) is 11.3 Å². The number of aromatic nitrogens is 2. The second-order valence-electron chi connectivity index (χ2n) is 7.32. The van der Waals surface area contributed by atoms with E-state index in [4.69, 9.17) is 9.26 Å². The van der Waals surface area contributed by atoms with E-state index in [0.29, 0.717) is 18.1 Å². The van der Waals surface area contributed by atoms with Crippen LogP contribution in [0.2, 0.25) is 0 Å². The van der Waals surface area contributed by atoms with Crippen LogP contribution in [0.5, 0.6) is 0 Å². The van der Waals surface area contributed by atoms with Crippen LogP contribution >= 0.6 is 0 Å². The van der Waals surface area contributed by atoms with Gasteiger partial charge in [0.1, 0.15) is 5.82 Å². The van der Waals surface area contributed by atoms with Crippen molar-refractivity contribution >= 4 is 5.91 Å². The van der Waals surface area contributed by atoms with Crippen molar-refractivity contribution in [2.45, 2.75) is 13.5 Å². The van der Waals surface area contributed by atoms with Crippen LogP contribution in [0.4, 0.5) is 4.39 Å². The van der Waals surface area contributed by atoms with Gasteiger partial charge in [-0.2, -0.15) is 4.98 Å². The third-order valence-corrected chi connectivity index (χ3v) is 5.21. The molecule has 0 atom stereocenters. The summed E-state index contributed by atoms with van der Waals surface area (Å²) >= 11 is 0. The zero-order chi connectivity index (χ0) is 22.7. The Labute approximate surface area is 185 Å². The lowest BCUT2D eigenvalue weighted by atomic mass is 9.94. The molecule has 162 valence electrons. The number of carbonyl (C=O) groups is 1. The minimum absolute atomic E-state index is 0.0454. The van der Waals surface area contributed by atoms with Crippen molar-refractivity contribution in [1.29, 1.82) is 0 Å². The Bertz CT molecular complexity index is 1280. The molecule has 1 heterocycles. The van der Waals surface area contributed by atoms with E-state index in [9.17, 15) is 9.18 Å². The van der Waals surface area contributed by atoms with E-state index >= 15 is 0 Å². The number of aryl methyl sites for hydroxylation is 1. The van der Waals surface area contributed by atoms with E-state index in [1.165, 1.54) is 24.7 Å². The molecule has 7 heteroatoms. The number of hydrogen-bond donors (Lipinski definition) is 1. The Kier molecular flexibility index (Phi) is 6.09. The summed E-state index contributed by atoms with van der Waals surface area (Å²) in [6.45, 7) is 2.49. The summed E-state index contributed by atoms with van der Waals surface area (Å²) in [5.74, 6) is -0.608. The van der Waals surface area contributed by atoms with Crippen LogP contribution < -0.4 is 5.32 Å². The third-order valence-electron chi connectivity index (χ3n) is 5.21. The molecule has 0 unspecified atom stereocenters. The first kappa shape index (κ1) is 21.4. The molecule has 0 radical (unpaired) electrons. The van der Waals surface area contributed by atoms with E-state index in [1.807, 2.05) is 30.3 Å². The largest absolute Gasteiger partial charge is 0.380 e. The number of hydrogen-bond acceptors (Lipinski definition) is 5. The van der Waals surface area contributed by atoms with Crippen molar-refractivity contribution in [3.05, 3.63) is 83.2 Å². The summed E-state index contributed by atoms with van der Waals surface area (Å²) < 4.78 is 25.2. The van der Waals surface area contributed by atoms with Crippen LogP contribution in [0.15, 0.2) is 65.2 Å². The van der Waals surface area contributed by atoms with Crippen molar-refractivity contribution in [3.63, 3.8) is 0 Å². The first-order valence-electron chi connectivity index (χ1n) is 10.1. The van der Waals surface area contributed by atoms with E-state index in [1.54, 1.807) is 13.2 Å². The molecule has 1 aromatic heterocycles. The van der Waals surface area contributed by atoms with Gasteiger partial charge in [-0.15, -0.1) is 0 Å². The maximum atomic E-state index is 14.3. The molecule has 6 nitrogen and oxygen atoms in total. The normalized spacial score (nSPS) is 10.9. The second-order valence-corrected chi connectivity index (χ2v) is 7.32. The van der Waals surface area contributed by atoms with Gasteiger partial charge in [-0.3, -0.25) is 4.79 Å². The smallest absolute Gasteiger partial charge is 0.258 e. The van der Waals surface area contributed by atoms with Crippen LogP contribution in [0.1, 0.15) is 21.5 Å². The number of amides is 1. The monoisotopic (exact) mass is 431 g/mol. The van der Waals surface area contributed by atoms with Gasteiger partial charge in [0.25, 0.3) is 11.8 Å². The number of halogens is 1. The number of benzene rings is 3. The van der Waals surface area contributed by atoms with Crippen LogP contribution in [0, 0.1) is 12.7 Å². The van der Waals surface area contributed by atoms with Gasteiger partial charge in [-0.1, -0.05) is 41.6 Å². The van der Waals surface area contributed by atoms with Gasteiger partial charge in [-0.25, -0.2) is 4.39 Å². The lowest BCUT2D eigenvalue weighted by Crippen LogP contribution is -2.19. The number of carbonyl (C=O) groups excluding carboxylic acids is 1. The van der Waals surface area contributed by atoms with E-state index in [2.05, 4.69) is 34.5 Å². The Morgan fingerprint density at radius 2 is 1.84 bits per heavy atom. The number of methoxy groups -OCH3 is 1. The Morgan fingerprint density at radius 1 is 1.06 bits per heavy atom. The van der Waals surface area contributed by atoms with Gasteiger partial charge in [0, 0.05) is 25.3 Å². The highest BCUT2D eigenvalue weighted by Crippen LogP contribution is 2.31. The summed E-state index contributed by atoms with van der Waals surface area (Å²) in [4.78, 5) is 16.1. The minimum atomic E-state index is -0.654. The summed E-state index contributed by atoms with van der Waals surface area (Å²) in [7, 11) is 3.10. The van der Waals surface area contributed by atoms with Crippen molar-refractivity contribution in [2.24, 2.45) is 0 Å². The number of nitrogens with one attached hydrogen (secondary N) is 1. The van der Waals surface area contributed by atoms with Crippen LogP contribution in [0.25, 0.3) is 34.0 Å². The molecule has 1 N–H and O–H groups in total. The van der Waals surface area contributed by atoms with E-state index in [-0.39, 0.29) is 11.4 Å². The third kappa shape index (κ3) is 4.15. The fraction of sp³-hybridized carbons (Fsp3) is 0.160. The zero-order valence-electron chi connectivity index (χ0n) is 18.0. The Balaban J connectivity index is 1.69. The Hall–Kier alpha value is -3.84. The fourth-order valence-corrected chi connectivity index (χ4v) is 3.57. The van der Waals surface area contributed by atoms with Gasteiger partial charge in [0.2, 0.25) is 5.82 Å². The molecule has 0 spiro atoms. The molecule has 0 aliphatic heterocycles. The van der Waals surface area contributed by atoms with Crippen molar-refractivity contribution in [3.8, 4) is 34.0 Å². The lowest BCUT2D eigenvalue weighted by molar-refractivity contribution is 0.0959. The molecular formula is C25H22FN3O3. The minimum Gasteiger partial charge on any atom is -0.380 e. The van der Waals surface area contributed by atoms with Gasteiger partial charge >= 0.3 is 0 Å². The standard InChI is InChI=1S/C25H22FN3O3/c1-15-6-4-5-7-19(15)20-10-9-17(12-18(20)14-31-3)25-28-23(29-32-25)16-8-11-21(22(26)13-16)24(30)27-2/h4-13H,14H2,1-3H3,(H,27,30). The van der Waals surface area contributed by atoms with Crippen LogP contribution in [0.3, 0.4) is 0 Å². The van der Waals surface area contributed by atoms with Gasteiger partial charge < -0.3 is 14.6 Å². The highest BCUT2D eigenvalue weighted by atomic mass is 19.1. The van der Waals surface area contributed by atoms with Gasteiger partial charge in [-0.05, 0) is 53.4 Å². The second kappa shape index (κ2) is 9.11. The predicted molar refractivity (Wildman–Crippen MR) is 119 cm³/mol.